The normalized spacial score (nSPS) is 22.8. The van der Waals surface area contributed by atoms with Crippen LogP contribution in [0.5, 0.6) is 0 Å². The van der Waals surface area contributed by atoms with Crippen LogP contribution < -0.4 is 0 Å². The van der Waals surface area contributed by atoms with Gasteiger partial charge in [-0.2, -0.15) is 9.40 Å². The number of sulfonamides is 1. The van der Waals surface area contributed by atoms with Crippen LogP contribution in [0.4, 0.5) is 0 Å². The minimum Gasteiger partial charge on any atom is -0.361 e. The molecule has 1 aliphatic heterocycles. The molecule has 1 fully saturated rings. The van der Waals surface area contributed by atoms with Crippen molar-refractivity contribution in [1.82, 2.24) is 14.5 Å². The quantitative estimate of drug-likeness (QED) is 0.818. The number of hydrogen-bond acceptors (Lipinski definition) is 4. The fraction of sp³-hybridized carbons (Fsp3) is 0.667. The Morgan fingerprint density at radius 3 is 2.62 bits per heavy atom. The van der Waals surface area contributed by atoms with Gasteiger partial charge in [0, 0.05) is 6.54 Å². The van der Waals surface area contributed by atoms with Gasteiger partial charge in [0.05, 0.1) is 18.0 Å². The zero-order chi connectivity index (χ0) is 11.9. The average Bonchev–Trinajstić information content (AvgIpc) is 2.73. The Morgan fingerprint density at radius 2 is 2.19 bits per heavy atom. The van der Waals surface area contributed by atoms with Crippen LogP contribution >= 0.6 is 0 Å². The van der Waals surface area contributed by atoms with Gasteiger partial charge < -0.3 is 4.74 Å². The molecule has 2 rings (SSSR count). The summed E-state index contributed by atoms with van der Waals surface area (Å²) in [5, 5.41) is 6.59. The SMILES string of the molecule is Cc1n[nH]c(C)c1S(=O)(=O)N1CCOC1C. The zero-order valence-corrected chi connectivity index (χ0v) is 10.3. The van der Waals surface area contributed by atoms with Crippen LogP contribution in [0.2, 0.25) is 0 Å². The van der Waals surface area contributed by atoms with E-state index < -0.39 is 16.3 Å². The fourth-order valence-corrected chi connectivity index (χ4v) is 3.78. The van der Waals surface area contributed by atoms with Crippen molar-refractivity contribution in [3.63, 3.8) is 0 Å². The first-order valence-corrected chi connectivity index (χ1v) is 6.53. The molecule has 0 radical (unpaired) electrons. The maximum Gasteiger partial charge on any atom is 0.248 e. The van der Waals surface area contributed by atoms with Crippen molar-refractivity contribution in [3.05, 3.63) is 11.4 Å². The molecule has 0 amide bonds. The summed E-state index contributed by atoms with van der Waals surface area (Å²) in [7, 11) is -3.49. The topological polar surface area (TPSA) is 75.3 Å². The van der Waals surface area contributed by atoms with E-state index in [-0.39, 0.29) is 4.90 Å². The lowest BCUT2D eigenvalue weighted by molar-refractivity contribution is 0.0846. The molecule has 0 saturated carbocycles. The van der Waals surface area contributed by atoms with Crippen LogP contribution in [0.1, 0.15) is 18.3 Å². The fourth-order valence-electron chi connectivity index (χ4n) is 1.93. The van der Waals surface area contributed by atoms with Crippen molar-refractivity contribution in [3.8, 4) is 0 Å². The highest BCUT2D eigenvalue weighted by atomic mass is 32.2. The Kier molecular flexibility index (Phi) is 2.77. The van der Waals surface area contributed by atoms with Gasteiger partial charge in [0.25, 0.3) is 0 Å². The van der Waals surface area contributed by atoms with Gasteiger partial charge in [0.2, 0.25) is 10.0 Å². The lowest BCUT2D eigenvalue weighted by atomic mass is 10.4. The maximum absolute atomic E-state index is 12.3. The number of rotatable bonds is 2. The number of aromatic nitrogens is 2. The van der Waals surface area contributed by atoms with E-state index in [1.54, 1.807) is 20.8 Å². The summed E-state index contributed by atoms with van der Waals surface area (Å²) in [6, 6.07) is 0. The van der Waals surface area contributed by atoms with E-state index >= 15 is 0 Å². The lowest BCUT2D eigenvalue weighted by Gasteiger charge is -2.19. The summed E-state index contributed by atoms with van der Waals surface area (Å²) >= 11 is 0. The molecule has 0 spiro atoms. The number of ether oxygens (including phenoxy) is 1. The van der Waals surface area contributed by atoms with Crippen molar-refractivity contribution < 1.29 is 13.2 Å². The van der Waals surface area contributed by atoms with Gasteiger partial charge >= 0.3 is 0 Å². The molecule has 2 heterocycles. The number of H-pyrrole nitrogens is 1. The van der Waals surface area contributed by atoms with Crippen molar-refractivity contribution in [1.29, 1.82) is 0 Å². The standard InChI is InChI=1S/C9H15N3O3S/c1-6-9(7(2)11-10-6)16(13,14)12-4-5-15-8(12)3/h8H,4-5H2,1-3H3,(H,10,11). The van der Waals surface area contributed by atoms with Gasteiger partial charge in [-0.15, -0.1) is 0 Å². The second-order valence-electron chi connectivity index (χ2n) is 3.85. The predicted octanol–water partition coefficient (Wildman–Crippen LogP) is 0.393. The van der Waals surface area contributed by atoms with Gasteiger partial charge in [-0.3, -0.25) is 5.10 Å². The first-order valence-electron chi connectivity index (χ1n) is 5.09. The molecule has 0 aliphatic carbocycles. The summed E-state index contributed by atoms with van der Waals surface area (Å²) in [5.74, 6) is 0. The molecule has 0 aromatic carbocycles. The van der Waals surface area contributed by atoms with Crippen LogP contribution in [0.25, 0.3) is 0 Å². The first kappa shape index (κ1) is 11.6. The van der Waals surface area contributed by atoms with Gasteiger partial charge in [-0.1, -0.05) is 0 Å². The highest BCUT2D eigenvalue weighted by Crippen LogP contribution is 2.25. The second-order valence-corrected chi connectivity index (χ2v) is 5.68. The summed E-state index contributed by atoms with van der Waals surface area (Å²) in [6.07, 6.45) is -0.404. The molecule has 90 valence electrons. The van der Waals surface area contributed by atoms with E-state index in [0.717, 1.165) is 0 Å². The molecular formula is C9H15N3O3S. The Balaban J connectivity index is 2.47. The van der Waals surface area contributed by atoms with Gasteiger partial charge in [-0.25, -0.2) is 8.42 Å². The van der Waals surface area contributed by atoms with Crippen molar-refractivity contribution >= 4 is 10.0 Å². The summed E-state index contributed by atoms with van der Waals surface area (Å²) in [5.41, 5.74) is 1.06. The molecule has 1 atom stereocenters. The van der Waals surface area contributed by atoms with Crippen molar-refractivity contribution in [2.24, 2.45) is 0 Å². The molecule has 1 aliphatic rings. The van der Waals surface area contributed by atoms with E-state index in [0.29, 0.717) is 24.5 Å². The van der Waals surface area contributed by atoms with E-state index in [2.05, 4.69) is 10.2 Å². The molecule has 1 aromatic rings. The van der Waals surface area contributed by atoms with Crippen molar-refractivity contribution in [2.75, 3.05) is 13.2 Å². The van der Waals surface area contributed by atoms with Gasteiger partial charge in [-0.05, 0) is 20.8 Å². The second kappa shape index (κ2) is 3.83. The Bertz CT molecular complexity index is 475. The van der Waals surface area contributed by atoms with Crippen LogP contribution in [-0.4, -0.2) is 42.3 Å². The zero-order valence-electron chi connectivity index (χ0n) is 9.52. The van der Waals surface area contributed by atoms with E-state index in [4.69, 9.17) is 4.74 Å². The number of nitrogens with zero attached hydrogens (tertiary/aromatic N) is 2. The smallest absolute Gasteiger partial charge is 0.248 e. The Hall–Kier alpha value is -0.920. The average molecular weight is 245 g/mol. The molecule has 1 N–H and O–H groups in total. The molecule has 0 bridgehead atoms. The lowest BCUT2D eigenvalue weighted by Crippen LogP contribution is -2.34. The monoisotopic (exact) mass is 245 g/mol. The van der Waals surface area contributed by atoms with Crippen LogP contribution in [0.15, 0.2) is 4.90 Å². The van der Waals surface area contributed by atoms with Gasteiger partial charge in [0.15, 0.2) is 0 Å². The number of nitrogens with one attached hydrogen (secondary N) is 1. The summed E-state index contributed by atoms with van der Waals surface area (Å²) in [4.78, 5) is 0.268. The third kappa shape index (κ3) is 1.64. The van der Waals surface area contributed by atoms with Crippen LogP contribution in [0.3, 0.4) is 0 Å². The first-order chi connectivity index (χ1) is 7.44. The third-order valence-corrected chi connectivity index (χ3v) is 4.92. The van der Waals surface area contributed by atoms with Gasteiger partial charge in [0.1, 0.15) is 11.1 Å². The highest BCUT2D eigenvalue weighted by molar-refractivity contribution is 7.89. The number of aromatic amines is 1. The molecule has 6 nitrogen and oxygen atoms in total. The number of hydrogen-bond donors (Lipinski definition) is 1. The van der Waals surface area contributed by atoms with Crippen LogP contribution in [0, 0.1) is 13.8 Å². The van der Waals surface area contributed by atoms with E-state index in [9.17, 15) is 8.42 Å². The molecular weight excluding hydrogens is 230 g/mol. The number of aryl methyl sites for hydroxylation is 2. The molecule has 1 saturated heterocycles. The van der Waals surface area contributed by atoms with Crippen molar-refractivity contribution in [2.45, 2.75) is 31.9 Å². The minimum absolute atomic E-state index is 0.268. The Morgan fingerprint density at radius 1 is 1.50 bits per heavy atom. The molecule has 7 heteroatoms. The van der Waals surface area contributed by atoms with E-state index in [1.165, 1.54) is 4.31 Å². The third-order valence-electron chi connectivity index (χ3n) is 2.70. The largest absolute Gasteiger partial charge is 0.361 e. The maximum atomic E-state index is 12.3. The molecule has 16 heavy (non-hydrogen) atoms. The van der Waals surface area contributed by atoms with E-state index in [1.807, 2.05) is 0 Å². The summed E-state index contributed by atoms with van der Waals surface area (Å²) in [6.45, 7) is 5.95. The minimum atomic E-state index is -3.49. The molecule has 1 aromatic heterocycles. The highest BCUT2D eigenvalue weighted by Gasteiger charge is 2.36. The Labute approximate surface area is 94.6 Å². The molecule has 1 unspecified atom stereocenters. The summed E-state index contributed by atoms with van der Waals surface area (Å²) < 4.78 is 31.3. The van der Waals surface area contributed by atoms with Crippen LogP contribution in [-0.2, 0) is 14.8 Å². The predicted molar refractivity (Wildman–Crippen MR) is 57.4 cm³/mol.